The van der Waals surface area contributed by atoms with Crippen LogP contribution < -0.4 is 11.1 Å². The fourth-order valence-electron chi connectivity index (χ4n) is 2.16. The second-order valence-electron chi connectivity index (χ2n) is 4.65. The van der Waals surface area contributed by atoms with E-state index in [4.69, 9.17) is 5.73 Å². The molecule has 1 aliphatic rings. The molecule has 19 heavy (non-hydrogen) atoms. The number of halogens is 1. The molecule has 0 spiro atoms. The van der Waals surface area contributed by atoms with Crippen molar-refractivity contribution in [1.29, 1.82) is 0 Å². The van der Waals surface area contributed by atoms with Crippen molar-refractivity contribution in [3.05, 3.63) is 23.5 Å². The van der Waals surface area contributed by atoms with Crippen molar-refractivity contribution in [1.82, 2.24) is 15.2 Å². The van der Waals surface area contributed by atoms with Crippen LogP contribution in [0.5, 0.6) is 0 Å². The molecular formula is C12H19ClN4O2. The smallest absolute Gasteiger partial charge is 0.270 e. The Labute approximate surface area is 118 Å². The Morgan fingerprint density at radius 2 is 2.11 bits per heavy atom. The molecule has 2 heterocycles. The van der Waals surface area contributed by atoms with Crippen LogP contribution in [0.1, 0.15) is 34.7 Å². The molecule has 0 radical (unpaired) electrons. The van der Waals surface area contributed by atoms with Crippen LogP contribution in [0.15, 0.2) is 12.3 Å². The molecule has 2 rings (SSSR count). The summed E-state index contributed by atoms with van der Waals surface area (Å²) < 4.78 is 0. The summed E-state index contributed by atoms with van der Waals surface area (Å²) in [7, 11) is 0. The molecule has 1 saturated heterocycles. The van der Waals surface area contributed by atoms with Gasteiger partial charge in [-0.15, -0.1) is 12.4 Å². The zero-order valence-electron chi connectivity index (χ0n) is 11.0. The van der Waals surface area contributed by atoms with Crippen molar-refractivity contribution >= 4 is 24.2 Å². The summed E-state index contributed by atoms with van der Waals surface area (Å²) in [6, 6.07) is 1.88. The SMILES string of the molecule is CC1NCCN(C(=O)c2cc(C(N)=O)c[nH]2)C1C.Cl. The van der Waals surface area contributed by atoms with E-state index in [1.807, 2.05) is 13.8 Å². The van der Waals surface area contributed by atoms with Gasteiger partial charge in [-0.2, -0.15) is 0 Å². The first-order valence-electron chi connectivity index (χ1n) is 6.03. The van der Waals surface area contributed by atoms with Crippen molar-refractivity contribution in [3.8, 4) is 0 Å². The third-order valence-electron chi connectivity index (χ3n) is 3.49. The molecule has 1 aliphatic heterocycles. The van der Waals surface area contributed by atoms with Gasteiger partial charge in [-0.25, -0.2) is 0 Å². The second kappa shape index (κ2) is 6.08. The van der Waals surface area contributed by atoms with E-state index in [2.05, 4.69) is 10.3 Å². The molecule has 2 atom stereocenters. The Kier molecular flexibility index (Phi) is 4.97. The number of nitrogens with zero attached hydrogens (tertiary/aromatic N) is 1. The molecule has 7 heteroatoms. The molecule has 4 N–H and O–H groups in total. The van der Waals surface area contributed by atoms with E-state index in [-0.39, 0.29) is 30.4 Å². The van der Waals surface area contributed by atoms with Crippen molar-refractivity contribution < 1.29 is 9.59 Å². The van der Waals surface area contributed by atoms with E-state index in [0.717, 1.165) is 6.54 Å². The van der Waals surface area contributed by atoms with E-state index < -0.39 is 5.91 Å². The van der Waals surface area contributed by atoms with Crippen LogP contribution in [0.2, 0.25) is 0 Å². The maximum Gasteiger partial charge on any atom is 0.270 e. The van der Waals surface area contributed by atoms with Crippen LogP contribution in [0.3, 0.4) is 0 Å². The summed E-state index contributed by atoms with van der Waals surface area (Å²) >= 11 is 0. The van der Waals surface area contributed by atoms with Crippen LogP contribution >= 0.6 is 12.4 Å². The summed E-state index contributed by atoms with van der Waals surface area (Å²) in [5, 5.41) is 3.31. The van der Waals surface area contributed by atoms with Gasteiger partial charge < -0.3 is 20.9 Å². The van der Waals surface area contributed by atoms with Crippen LogP contribution in [0, 0.1) is 0 Å². The first-order chi connectivity index (χ1) is 8.50. The molecule has 6 nitrogen and oxygen atoms in total. The first-order valence-corrected chi connectivity index (χ1v) is 6.03. The fourth-order valence-corrected chi connectivity index (χ4v) is 2.16. The largest absolute Gasteiger partial charge is 0.366 e. The summed E-state index contributed by atoms with van der Waals surface area (Å²) in [6.07, 6.45) is 1.46. The van der Waals surface area contributed by atoms with Gasteiger partial charge in [0.25, 0.3) is 5.91 Å². The zero-order valence-corrected chi connectivity index (χ0v) is 11.8. The van der Waals surface area contributed by atoms with Gasteiger partial charge in [0.15, 0.2) is 0 Å². The highest BCUT2D eigenvalue weighted by Crippen LogP contribution is 2.14. The number of nitrogens with one attached hydrogen (secondary N) is 2. The maximum atomic E-state index is 12.3. The first kappa shape index (κ1) is 15.5. The lowest BCUT2D eigenvalue weighted by Gasteiger charge is -2.38. The van der Waals surface area contributed by atoms with Crippen LogP contribution in [0.25, 0.3) is 0 Å². The predicted octanol–water partition coefficient (Wildman–Crippen LogP) is 0.358. The molecular weight excluding hydrogens is 268 g/mol. The minimum Gasteiger partial charge on any atom is -0.366 e. The Hall–Kier alpha value is -1.53. The fraction of sp³-hybridized carbons (Fsp3) is 0.500. The highest BCUT2D eigenvalue weighted by atomic mass is 35.5. The van der Waals surface area contributed by atoms with Crippen LogP contribution in [-0.4, -0.2) is 46.9 Å². The Morgan fingerprint density at radius 3 is 2.68 bits per heavy atom. The zero-order chi connectivity index (χ0) is 13.3. The number of piperazine rings is 1. The van der Waals surface area contributed by atoms with Gasteiger partial charge in [-0.05, 0) is 19.9 Å². The molecule has 1 aromatic rings. The number of H-pyrrole nitrogens is 1. The third kappa shape index (κ3) is 3.08. The molecule has 106 valence electrons. The summed E-state index contributed by atoms with van der Waals surface area (Å²) in [4.78, 5) is 27.9. The van der Waals surface area contributed by atoms with Crippen LogP contribution in [-0.2, 0) is 0 Å². The van der Waals surface area contributed by atoms with Crippen molar-refractivity contribution in [2.45, 2.75) is 25.9 Å². The second-order valence-corrected chi connectivity index (χ2v) is 4.65. The highest BCUT2D eigenvalue weighted by Gasteiger charge is 2.29. The number of carbonyl (C=O) groups is 2. The Bertz CT molecular complexity index is 474. The van der Waals surface area contributed by atoms with Crippen molar-refractivity contribution in [2.75, 3.05) is 13.1 Å². The van der Waals surface area contributed by atoms with Gasteiger partial charge in [-0.3, -0.25) is 9.59 Å². The number of nitrogens with two attached hydrogens (primary N) is 1. The Balaban J connectivity index is 0.00000180. The number of aromatic amines is 1. The quantitative estimate of drug-likeness (QED) is 0.733. The van der Waals surface area contributed by atoms with Gasteiger partial charge in [-0.1, -0.05) is 0 Å². The lowest BCUT2D eigenvalue weighted by Crippen LogP contribution is -2.57. The lowest BCUT2D eigenvalue weighted by atomic mass is 10.1. The van der Waals surface area contributed by atoms with Crippen LogP contribution in [0.4, 0.5) is 0 Å². The minimum absolute atomic E-state index is 0. The van der Waals surface area contributed by atoms with E-state index in [1.165, 1.54) is 12.3 Å². The number of rotatable bonds is 2. The normalized spacial score (nSPS) is 22.7. The van der Waals surface area contributed by atoms with Crippen molar-refractivity contribution in [2.24, 2.45) is 5.73 Å². The number of primary amides is 1. The minimum atomic E-state index is -0.535. The molecule has 1 aromatic heterocycles. The van der Waals surface area contributed by atoms with Gasteiger partial charge in [0.2, 0.25) is 5.91 Å². The number of hydrogen-bond acceptors (Lipinski definition) is 3. The van der Waals surface area contributed by atoms with Crippen molar-refractivity contribution in [3.63, 3.8) is 0 Å². The number of hydrogen-bond donors (Lipinski definition) is 3. The van der Waals surface area contributed by atoms with Gasteiger partial charge in [0, 0.05) is 31.4 Å². The number of amides is 2. The summed E-state index contributed by atoms with van der Waals surface area (Å²) in [5.74, 6) is -0.629. The average molecular weight is 287 g/mol. The molecule has 0 aromatic carbocycles. The van der Waals surface area contributed by atoms with E-state index in [9.17, 15) is 9.59 Å². The van der Waals surface area contributed by atoms with E-state index in [0.29, 0.717) is 17.8 Å². The highest BCUT2D eigenvalue weighted by molar-refractivity contribution is 5.98. The number of carbonyl (C=O) groups excluding carboxylic acids is 2. The molecule has 0 saturated carbocycles. The molecule has 0 aliphatic carbocycles. The maximum absolute atomic E-state index is 12.3. The molecule has 2 amide bonds. The molecule has 0 bridgehead atoms. The van der Waals surface area contributed by atoms with E-state index in [1.54, 1.807) is 4.90 Å². The van der Waals surface area contributed by atoms with E-state index >= 15 is 0 Å². The predicted molar refractivity (Wildman–Crippen MR) is 74.5 cm³/mol. The summed E-state index contributed by atoms with van der Waals surface area (Å²) in [6.45, 7) is 5.50. The average Bonchev–Trinajstić information content (AvgIpc) is 2.81. The van der Waals surface area contributed by atoms with Gasteiger partial charge >= 0.3 is 0 Å². The molecule has 2 unspecified atom stereocenters. The van der Waals surface area contributed by atoms with Gasteiger partial charge in [0.1, 0.15) is 5.69 Å². The van der Waals surface area contributed by atoms with Gasteiger partial charge in [0.05, 0.1) is 5.56 Å². The standard InChI is InChI=1S/C12H18N4O2.ClH/c1-7-8(2)16(4-3-14-7)12(18)10-5-9(6-15-10)11(13)17;/h5-8,14-15H,3-4H2,1-2H3,(H2,13,17);1H. The lowest BCUT2D eigenvalue weighted by molar-refractivity contribution is 0.0597. The molecule has 1 fully saturated rings. The number of aromatic nitrogens is 1. The Morgan fingerprint density at radius 1 is 1.42 bits per heavy atom. The third-order valence-corrected chi connectivity index (χ3v) is 3.49. The summed E-state index contributed by atoms with van der Waals surface area (Å²) in [5.41, 5.74) is 5.90. The monoisotopic (exact) mass is 286 g/mol. The topological polar surface area (TPSA) is 91.2 Å².